The summed E-state index contributed by atoms with van der Waals surface area (Å²) in [7, 11) is -3.39. The van der Waals surface area contributed by atoms with Crippen LogP contribution in [0.4, 0.5) is 5.13 Å². The highest BCUT2D eigenvalue weighted by Crippen LogP contribution is 2.23. The zero-order chi connectivity index (χ0) is 14.6. The average molecular weight is 305 g/mol. The first-order valence-electron chi connectivity index (χ1n) is 6.47. The fraction of sp³-hybridized carbons (Fsp3) is 0.750. The van der Waals surface area contributed by atoms with E-state index in [1.165, 1.54) is 11.3 Å². The molecule has 0 radical (unpaired) electrons. The minimum Gasteiger partial charge on any atom is -0.313 e. The van der Waals surface area contributed by atoms with E-state index in [4.69, 9.17) is 0 Å². The first-order chi connectivity index (χ1) is 8.76. The van der Waals surface area contributed by atoms with Crippen LogP contribution in [0.1, 0.15) is 38.3 Å². The number of thiazole rings is 1. The Kier molecular flexibility index (Phi) is 5.76. The summed E-state index contributed by atoms with van der Waals surface area (Å²) in [6.07, 6.45) is 0.814. The number of sulfonamides is 1. The Balaban J connectivity index is 2.72. The van der Waals surface area contributed by atoms with Gasteiger partial charge in [0.15, 0.2) is 5.13 Å². The Morgan fingerprint density at radius 2 is 1.95 bits per heavy atom. The van der Waals surface area contributed by atoms with Crippen LogP contribution in [0.5, 0.6) is 0 Å². The van der Waals surface area contributed by atoms with Gasteiger partial charge >= 0.3 is 0 Å². The number of nitrogens with one attached hydrogen (secondary N) is 2. The van der Waals surface area contributed by atoms with Gasteiger partial charge in [0.05, 0.1) is 10.9 Å². The molecule has 1 rings (SSSR count). The van der Waals surface area contributed by atoms with Gasteiger partial charge in [-0.25, -0.2) is 13.4 Å². The van der Waals surface area contributed by atoms with E-state index in [-0.39, 0.29) is 6.04 Å². The van der Waals surface area contributed by atoms with Gasteiger partial charge in [-0.15, -0.1) is 11.3 Å². The SMILES string of the molecule is CCc1nc(NS(=O)(=O)C(C)CNC(C)C)sc1C. The van der Waals surface area contributed by atoms with Crippen molar-refractivity contribution in [3.05, 3.63) is 10.6 Å². The van der Waals surface area contributed by atoms with Gasteiger partial charge in [0.1, 0.15) is 0 Å². The number of hydrogen-bond acceptors (Lipinski definition) is 5. The predicted octanol–water partition coefficient (Wildman–Crippen LogP) is 2.14. The summed E-state index contributed by atoms with van der Waals surface area (Å²) < 4.78 is 26.9. The van der Waals surface area contributed by atoms with Crippen molar-refractivity contribution in [3.63, 3.8) is 0 Å². The molecule has 0 fully saturated rings. The third-order valence-electron chi connectivity index (χ3n) is 2.80. The molecule has 7 heteroatoms. The highest BCUT2D eigenvalue weighted by atomic mass is 32.2. The Bertz CT molecular complexity index is 509. The van der Waals surface area contributed by atoms with E-state index >= 15 is 0 Å². The van der Waals surface area contributed by atoms with Crippen LogP contribution in [-0.2, 0) is 16.4 Å². The van der Waals surface area contributed by atoms with Crippen LogP contribution in [0, 0.1) is 6.92 Å². The molecule has 0 bridgehead atoms. The molecule has 2 N–H and O–H groups in total. The molecule has 1 atom stereocenters. The zero-order valence-corrected chi connectivity index (χ0v) is 13.8. The van der Waals surface area contributed by atoms with Gasteiger partial charge in [-0.1, -0.05) is 20.8 Å². The maximum Gasteiger partial charge on any atom is 0.238 e. The van der Waals surface area contributed by atoms with Crippen molar-refractivity contribution in [3.8, 4) is 0 Å². The molecule has 5 nitrogen and oxygen atoms in total. The lowest BCUT2D eigenvalue weighted by Crippen LogP contribution is -2.37. The van der Waals surface area contributed by atoms with E-state index in [0.29, 0.717) is 11.7 Å². The van der Waals surface area contributed by atoms with Crippen LogP contribution in [0.2, 0.25) is 0 Å². The summed E-state index contributed by atoms with van der Waals surface area (Å²) in [4.78, 5) is 5.36. The number of aryl methyl sites for hydroxylation is 2. The van der Waals surface area contributed by atoms with Crippen molar-refractivity contribution in [1.29, 1.82) is 0 Å². The minimum absolute atomic E-state index is 0.270. The fourth-order valence-corrected chi connectivity index (χ4v) is 3.61. The molecular weight excluding hydrogens is 282 g/mol. The van der Waals surface area contributed by atoms with Gasteiger partial charge in [0, 0.05) is 17.5 Å². The number of rotatable bonds is 7. The van der Waals surface area contributed by atoms with Crippen LogP contribution >= 0.6 is 11.3 Å². The van der Waals surface area contributed by atoms with Gasteiger partial charge in [0.25, 0.3) is 0 Å². The summed E-state index contributed by atoms with van der Waals surface area (Å²) in [5.41, 5.74) is 0.954. The normalized spacial score (nSPS) is 13.8. The van der Waals surface area contributed by atoms with E-state index in [0.717, 1.165) is 17.0 Å². The molecule has 0 aliphatic heterocycles. The molecule has 0 amide bonds. The van der Waals surface area contributed by atoms with Crippen molar-refractivity contribution in [2.75, 3.05) is 11.3 Å². The smallest absolute Gasteiger partial charge is 0.238 e. The standard InChI is InChI=1S/C12H23N3O2S2/c1-6-11-10(5)18-12(14-11)15-19(16,17)9(4)7-13-8(2)3/h8-9,13H,6-7H2,1-5H3,(H,14,15). The number of aromatic nitrogens is 1. The fourth-order valence-electron chi connectivity index (χ4n) is 1.53. The molecule has 1 aromatic heterocycles. The first kappa shape index (κ1) is 16.4. The van der Waals surface area contributed by atoms with Crippen molar-refractivity contribution in [1.82, 2.24) is 10.3 Å². The minimum atomic E-state index is -3.39. The Labute approximate surface area is 119 Å². The molecule has 0 saturated carbocycles. The molecular formula is C12H23N3O2S2. The van der Waals surface area contributed by atoms with Crippen molar-refractivity contribution in [2.45, 2.75) is 52.3 Å². The van der Waals surface area contributed by atoms with E-state index in [1.807, 2.05) is 27.7 Å². The lowest BCUT2D eigenvalue weighted by Gasteiger charge is -2.15. The van der Waals surface area contributed by atoms with Crippen molar-refractivity contribution in [2.24, 2.45) is 0 Å². The largest absolute Gasteiger partial charge is 0.313 e. The third kappa shape index (κ3) is 4.74. The Hall–Kier alpha value is -0.660. The molecule has 0 aliphatic carbocycles. The van der Waals surface area contributed by atoms with Gasteiger partial charge in [-0.2, -0.15) is 0 Å². The summed E-state index contributed by atoms with van der Waals surface area (Å²) >= 11 is 1.39. The number of nitrogens with zero attached hydrogens (tertiary/aromatic N) is 1. The highest BCUT2D eigenvalue weighted by molar-refractivity contribution is 7.93. The van der Waals surface area contributed by atoms with Crippen LogP contribution in [0.25, 0.3) is 0 Å². The summed E-state index contributed by atoms with van der Waals surface area (Å²) in [5, 5.41) is 3.10. The lowest BCUT2D eigenvalue weighted by molar-refractivity contribution is 0.553. The molecule has 0 saturated heterocycles. The molecule has 1 heterocycles. The van der Waals surface area contributed by atoms with E-state index < -0.39 is 15.3 Å². The van der Waals surface area contributed by atoms with Gasteiger partial charge in [-0.3, -0.25) is 4.72 Å². The van der Waals surface area contributed by atoms with Crippen LogP contribution in [0.3, 0.4) is 0 Å². The molecule has 19 heavy (non-hydrogen) atoms. The first-order valence-corrected chi connectivity index (χ1v) is 8.83. The van der Waals surface area contributed by atoms with Gasteiger partial charge in [-0.05, 0) is 20.3 Å². The maximum atomic E-state index is 12.1. The van der Waals surface area contributed by atoms with Crippen LogP contribution in [0.15, 0.2) is 0 Å². The number of hydrogen-bond donors (Lipinski definition) is 2. The summed E-state index contributed by atoms with van der Waals surface area (Å²) in [5.74, 6) is 0. The van der Waals surface area contributed by atoms with Gasteiger partial charge < -0.3 is 5.32 Å². The highest BCUT2D eigenvalue weighted by Gasteiger charge is 2.22. The zero-order valence-electron chi connectivity index (χ0n) is 12.1. The second-order valence-electron chi connectivity index (χ2n) is 4.90. The van der Waals surface area contributed by atoms with Gasteiger partial charge in [0.2, 0.25) is 10.0 Å². The molecule has 1 unspecified atom stereocenters. The van der Waals surface area contributed by atoms with E-state index in [2.05, 4.69) is 15.0 Å². The molecule has 0 aromatic carbocycles. The Morgan fingerprint density at radius 1 is 1.32 bits per heavy atom. The Morgan fingerprint density at radius 3 is 2.42 bits per heavy atom. The summed E-state index contributed by atoms with van der Waals surface area (Å²) in [6.45, 7) is 10.1. The van der Waals surface area contributed by atoms with E-state index in [9.17, 15) is 8.42 Å². The van der Waals surface area contributed by atoms with Crippen molar-refractivity contribution >= 4 is 26.5 Å². The van der Waals surface area contributed by atoms with Crippen molar-refractivity contribution < 1.29 is 8.42 Å². The second-order valence-corrected chi connectivity index (χ2v) is 8.20. The van der Waals surface area contributed by atoms with Crippen LogP contribution in [-0.4, -0.2) is 31.2 Å². The quantitative estimate of drug-likeness (QED) is 0.809. The second kappa shape index (κ2) is 6.67. The number of anilines is 1. The summed E-state index contributed by atoms with van der Waals surface area (Å²) in [6, 6.07) is 0.270. The molecule has 0 spiro atoms. The third-order valence-corrected chi connectivity index (χ3v) is 5.56. The van der Waals surface area contributed by atoms with E-state index in [1.54, 1.807) is 6.92 Å². The predicted molar refractivity (Wildman–Crippen MR) is 81.4 cm³/mol. The molecule has 0 aliphatic rings. The monoisotopic (exact) mass is 305 g/mol. The average Bonchev–Trinajstić information content (AvgIpc) is 2.65. The molecule has 110 valence electrons. The molecule has 1 aromatic rings. The lowest BCUT2D eigenvalue weighted by atomic mass is 10.3. The topological polar surface area (TPSA) is 71.1 Å². The maximum absolute atomic E-state index is 12.1. The van der Waals surface area contributed by atoms with Crippen LogP contribution < -0.4 is 10.0 Å².